The largest absolute Gasteiger partial charge is 0.444 e. The summed E-state index contributed by atoms with van der Waals surface area (Å²) >= 11 is 0. The zero-order chi connectivity index (χ0) is 30.5. The van der Waals surface area contributed by atoms with Gasteiger partial charge in [-0.25, -0.2) is 14.6 Å². The van der Waals surface area contributed by atoms with Crippen molar-refractivity contribution >= 4 is 18.0 Å². The van der Waals surface area contributed by atoms with Gasteiger partial charge in [0.15, 0.2) is 5.84 Å². The van der Waals surface area contributed by atoms with E-state index in [1.807, 2.05) is 71.8 Å². The molecule has 3 aliphatic heterocycles. The number of nitrogens with one attached hydrogen (secondary N) is 1. The number of allylic oxidation sites excluding steroid dienone is 5. The van der Waals surface area contributed by atoms with E-state index in [1.165, 1.54) is 0 Å². The maximum Gasteiger partial charge on any atom is 0.412 e. The van der Waals surface area contributed by atoms with E-state index in [2.05, 4.69) is 48.9 Å². The third kappa shape index (κ3) is 8.87. The van der Waals surface area contributed by atoms with Gasteiger partial charge in [-0.05, 0) is 71.6 Å². The fourth-order valence-electron chi connectivity index (χ4n) is 4.32. The number of ether oxygens (including phenoxy) is 2. The van der Waals surface area contributed by atoms with E-state index >= 15 is 0 Å². The van der Waals surface area contributed by atoms with Crippen LogP contribution >= 0.6 is 0 Å². The average molecular weight is 566 g/mol. The first-order valence-corrected chi connectivity index (χ1v) is 14.4. The van der Waals surface area contributed by atoms with Gasteiger partial charge in [0, 0.05) is 32.4 Å². The summed E-state index contributed by atoms with van der Waals surface area (Å²) in [5.74, 6) is 1.27. The van der Waals surface area contributed by atoms with Gasteiger partial charge in [-0.3, -0.25) is 5.32 Å². The van der Waals surface area contributed by atoms with E-state index in [-0.39, 0.29) is 6.09 Å². The molecule has 0 aromatic rings. The van der Waals surface area contributed by atoms with E-state index < -0.39 is 17.3 Å². The van der Waals surface area contributed by atoms with Gasteiger partial charge in [-0.2, -0.15) is 0 Å². The molecule has 0 spiro atoms. The molecule has 1 atom stereocenters. The predicted octanol–water partition coefficient (Wildman–Crippen LogP) is 6.46. The molecule has 41 heavy (non-hydrogen) atoms. The molecule has 1 N–H and O–H groups in total. The first-order chi connectivity index (χ1) is 19.1. The summed E-state index contributed by atoms with van der Waals surface area (Å²) in [6.07, 6.45) is 12.2. The van der Waals surface area contributed by atoms with Crippen molar-refractivity contribution in [3.63, 3.8) is 0 Å². The lowest BCUT2D eigenvalue weighted by molar-refractivity contribution is 0.0186. The molecule has 3 rings (SSSR count). The second-order valence-electron chi connectivity index (χ2n) is 12.6. The van der Waals surface area contributed by atoms with Crippen LogP contribution in [0.5, 0.6) is 0 Å². The highest BCUT2D eigenvalue weighted by atomic mass is 16.6. The van der Waals surface area contributed by atoms with E-state index in [0.29, 0.717) is 43.4 Å². The van der Waals surface area contributed by atoms with Crippen LogP contribution < -0.4 is 5.32 Å². The van der Waals surface area contributed by atoms with Gasteiger partial charge in [-0.1, -0.05) is 45.1 Å². The molecule has 0 bridgehead atoms. The zero-order valence-electron chi connectivity index (χ0n) is 26.2. The molecule has 0 aromatic heterocycles. The number of hydrogen-bond acceptors (Lipinski definition) is 7. The van der Waals surface area contributed by atoms with Crippen LogP contribution in [0.2, 0.25) is 0 Å². The normalized spacial score (nSPS) is 19.2. The smallest absolute Gasteiger partial charge is 0.412 e. The topological polar surface area (TPSA) is 86.7 Å². The number of nitrogens with zero attached hydrogens (tertiary/aromatic N) is 4. The third-order valence-electron chi connectivity index (χ3n) is 6.67. The molecule has 0 unspecified atom stereocenters. The lowest BCUT2D eigenvalue weighted by Gasteiger charge is -2.41. The monoisotopic (exact) mass is 565 g/mol. The molecule has 0 radical (unpaired) electrons. The van der Waals surface area contributed by atoms with Crippen LogP contribution in [-0.2, 0) is 9.47 Å². The fraction of sp³-hybridized carbons (Fsp3) is 0.531. The first kappa shape index (κ1) is 31.8. The second kappa shape index (κ2) is 12.8. The quantitative estimate of drug-likeness (QED) is 0.385. The van der Waals surface area contributed by atoms with Crippen molar-refractivity contribution in [2.45, 2.75) is 79.9 Å². The predicted molar refractivity (Wildman–Crippen MR) is 164 cm³/mol. The maximum absolute atomic E-state index is 12.6. The van der Waals surface area contributed by atoms with Gasteiger partial charge in [0.2, 0.25) is 0 Å². The third-order valence-corrected chi connectivity index (χ3v) is 6.67. The molecule has 0 aliphatic carbocycles. The van der Waals surface area contributed by atoms with Gasteiger partial charge >= 0.3 is 12.2 Å². The Labute approximate surface area is 245 Å². The summed E-state index contributed by atoms with van der Waals surface area (Å²) in [6, 6.07) is 0. The second-order valence-corrected chi connectivity index (χ2v) is 12.6. The summed E-state index contributed by atoms with van der Waals surface area (Å²) in [4.78, 5) is 36.0. The number of carbonyl (C=O) groups is 2. The van der Waals surface area contributed by atoms with Crippen molar-refractivity contribution in [1.29, 1.82) is 0 Å². The van der Waals surface area contributed by atoms with Crippen LogP contribution in [0.3, 0.4) is 0 Å². The number of hydrogen-bond donors (Lipinski definition) is 1. The van der Waals surface area contributed by atoms with Crippen LogP contribution in [-0.4, -0.2) is 70.1 Å². The average Bonchev–Trinajstić information content (AvgIpc) is 2.86. The Hall–Kier alpha value is -3.75. The van der Waals surface area contributed by atoms with E-state index in [4.69, 9.17) is 14.5 Å². The zero-order valence-corrected chi connectivity index (χ0v) is 26.2. The molecular formula is C32H47N5O4. The number of amidine groups is 1. The highest BCUT2D eigenvalue weighted by molar-refractivity contribution is 6.01. The summed E-state index contributed by atoms with van der Waals surface area (Å²) in [5.41, 5.74) is 2.79. The lowest BCUT2D eigenvalue weighted by Crippen LogP contribution is -2.53. The Morgan fingerprint density at radius 2 is 1.73 bits per heavy atom. The summed E-state index contributed by atoms with van der Waals surface area (Å²) < 4.78 is 11.0. The molecule has 9 heteroatoms. The summed E-state index contributed by atoms with van der Waals surface area (Å²) in [5, 5.41) is 2.86. The molecule has 3 aliphatic rings. The van der Waals surface area contributed by atoms with Crippen LogP contribution in [0.4, 0.5) is 9.59 Å². The molecule has 224 valence electrons. The van der Waals surface area contributed by atoms with E-state index in [9.17, 15) is 9.59 Å². The van der Waals surface area contributed by atoms with Crippen LogP contribution in [0, 0.1) is 5.92 Å². The molecule has 2 amide bonds. The first-order valence-electron chi connectivity index (χ1n) is 14.4. The van der Waals surface area contributed by atoms with Gasteiger partial charge in [-0.15, -0.1) is 0 Å². The van der Waals surface area contributed by atoms with Gasteiger partial charge in [0.25, 0.3) is 0 Å². The van der Waals surface area contributed by atoms with Crippen molar-refractivity contribution in [3.8, 4) is 0 Å². The Bertz CT molecular complexity index is 1220. The maximum atomic E-state index is 12.6. The summed E-state index contributed by atoms with van der Waals surface area (Å²) in [7, 11) is 0. The van der Waals surface area contributed by atoms with E-state index in [1.54, 1.807) is 4.90 Å². The van der Waals surface area contributed by atoms with Crippen molar-refractivity contribution < 1.29 is 19.1 Å². The highest BCUT2D eigenvalue weighted by Gasteiger charge is 2.33. The van der Waals surface area contributed by atoms with Crippen molar-refractivity contribution in [1.82, 2.24) is 20.0 Å². The Balaban J connectivity index is 1.89. The van der Waals surface area contributed by atoms with E-state index in [0.717, 1.165) is 29.2 Å². The molecule has 3 heterocycles. The SMILES string of the molecule is C=C1C=C2C(N3CCN(C(=O)OC(C)(C)C)CC3)=NC=C(/C(C)=C/C=C\[C@H](C)CC)N2C=C1NC(=O)OC(C)(C)C. The number of rotatable bonds is 5. The van der Waals surface area contributed by atoms with Crippen LogP contribution in [0.1, 0.15) is 68.7 Å². The van der Waals surface area contributed by atoms with Crippen LogP contribution in [0.15, 0.2) is 76.5 Å². The van der Waals surface area contributed by atoms with Gasteiger partial charge < -0.3 is 24.2 Å². The summed E-state index contributed by atoms with van der Waals surface area (Å²) in [6.45, 7) is 24.0. The Morgan fingerprint density at radius 3 is 2.32 bits per heavy atom. The Kier molecular flexibility index (Phi) is 9.94. The number of aliphatic imine (C=N–C) groups is 1. The molecular weight excluding hydrogens is 518 g/mol. The number of piperazine rings is 1. The molecule has 9 nitrogen and oxygen atoms in total. The molecule has 0 aromatic carbocycles. The van der Waals surface area contributed by atoms with Crippen LogP contribution in [0.25, 0.3) is 0 Å². The standard InChI is InChI=1S/C32H47N5O4/c1-11-22(2)13-12-14-23(3)27-20-33-28(35-15-17-36(18-16-35)30(39)41-32(8,9)10)26-19-24(4)25(21-37(26)27)34-29(38)40-31(5,6)7/h12-14,19-22H,4,11,15-18H2,1-3,5-10H3,(H,34,38)/b13-12-,23-14+/t22-/m1/s1. The van der Waals surface area contributed by atoms with Gasteiger partial charge in [0.05, 0.1) is 23.3 Å². The number of carbonyl (C=O) groups excluding carboxylic acids is 2. The molecule has 0 saturated carbocycles. The minimum atomic E-state index is -0.625. The molecule has 1 saturated heterocycles. The van der Waals surface area contributed by atoms with Crippen molar-refractivity contribution in [2.24, 2.45) is 10.9 Å². The van der Waals surface area contributed by atoms with Gasteiger partial charge in [0.1, 0.15) is 11.2 Å². The molecule has 1 fully saturated rings. The minimum absolute atomic E-state index is 0.302. The highest BCUT2D eigenvalue weighted by Crippen LogP contribution is 2.33. The number of alkyl carbamates (subject to hydrolysis) is 1. The van der Waals surface area contributed by atoms with Crippen molar-refractivity contribution in [2.75, 3.05) is 26.2 Å². The number of amides is 2. The Morgan fingerprint density at radius 1 is 1.10 bits per heavy atom. The minimum Gasteiger partial charge on any atom is -0.444 e. The lowest BCUT2D eigenvalue weighted by atomic mass is 10.0. The van der Waals surface area contributed by atoms with Crippen molar-refractivity contribution in [3.05, 3.63) is 71.5 Å². The number of fused-ring (bicyclic) bond motifs is 1. The fourth-order valence-corrected chi connectivity index (χ4v) is 4.32.